The van der Waals surface area contributed by atoms with Crippen LogP contribution in [-0.4, -0.2) is 18.6 Å². The van der Waals surface area contributed by atoms with E-state index in [0.717, 1.165) is 11.6 Å². The summed E-state index contributed by atoms with van der Waals surface area (Å²) in [6, 6.07) is 6.64. The molecule has 0 spiro atoms. The number of hydrogen-bond acceptors (Lipinski definition) is 2. The topological polar surface area (TPSA) is 15.3 Å². The lowest BCUT2D eigenvalue weighted by atomic mass is 10.0. The second-order valence-electron chi connectivity index (χ2n) is 6.97. The van der Waals surface area contributed by atoms with Crippen molar-refractivity contribution in [3.8, 4) is 0 Å². The van der Waals surface area contributed by atoms with E-state index < -0.39 is 0 Å². The second-order valence-corrected chi connectivity index (χ2v) is 7.41. The number of nitrogens with one attached hydrogen (secondary N) is 1. The zero-order valence-corrected chi connectivity index (χ0v) is 14.7. The third-order valence-electron chi connectivity index (χ3n) is 3.81. The van der Waals surface area contributed by atoms with Crippen molar-refractivity contribution in [1.29, 1.82) is 0 Å². The first-order valence-corrected chi connectivity index (χ1v) is 7.76. The minimum Gasteiger partial charge on any atom is -0.371 e. The maximum atomic E-state index is 6.19. The van der Waals surface area contributed by atoms with Crippen molar-refractivity contribution < 1.29 is 0 Å². The fourth-order valence-corrected chi connectivity index (χ4v) is 2.21. The van der Waals surface area contributed by atoms with Crippen LogP contribution in [0.1, 0.15) is 47.1 Å². The maximum Gasteiger partial charge on any atom is 0.0426 e. The van der Waals surface area contributed by atoms with Gasteiger partial charge in [0.05, 0.1) is 0 Å². The Balaban J connectivity index is 3.01. The molecule has 0 aliphatic heterocycles. The van der Waals surface area contributed by atoms with Gasteiger partial charge < -0.3 is 10.2 Å². The van der Waals surface area contributed by atoms with Gasteiger partial charge in [-0.2, -0.15) is 0 Å². The number of benzene rings is 1. The molecule has 1 aromatic carbocycles. The van der Waals surface area contributed by atoms with Gasteiger partial charge in [0.2, 0.25) is 0 Å². The Morgan fingerprint density at radius 3 is 2.30 bits per heavy atom. The number of rotatable bonds is 5. The molecular formula is C17H29ClN2. The van der Waals surface area contributed by atoms with Crippen molar-refractivity contribution >= 4 is 17.3 Å². The third-order valence-corrected chi connectivity index (χ3v) is 4.05. The number of nitrogens with zero attached hydrogens (tertiary/aromatic N) is 1. The van der Waals surface area contributed by atoms with E-state index in [1.54, 1.807) is 0 Å². The molecule has 0 heterocycles. The molecule has 0 saturated carbocycles. The highest BCUT2D eigenvalue weighted by Gasteiger charge is 2.18. The Labute approximate surface area is 129 Å². The van der Waals surface area contributed by atoms with Crippen LogP contribution in [0.2, 0.25) is 5.02 Å². The SMILES string of the molecule is CC(C)C(C)N(C)c1cc(Cl)ccc1CNC(C)(C)C. The number of anilines is 1. The van der Waals surface area contributed by atoms with Gasteiger partial charge in [-0.25, -0.2) is 0 Å². The Bertz CT molecular complexity index is 435. The molecule has 0 aromatic heterocycles. The van der Waals surface area contributed by atoms with E-state index in [1.807, 2.05) is 6.07 Å². The standard InChI is InChI=1S/C17H29ClN2/c1-12(2)13(3)20(7)16-10-15(18)9-8-14(16)11-19-17(4,5)6/h8-10,12-13,19H,11H2,1-7H3. The fourth-order valence-electron chi connectivity index (χ4n) is 2.04. The van der Waals surface area contributed by atoms with Gasteiger partial charge >= 0.3 is 0 Å². The number of hydrogen-bond donors (Lipinski definition) is 1. The van der Waals surface area contributed by atoms with Gasteiger partial charge in [-0.05, 0) is 51.3 Å². The van der Waals surface area contributed by atoms with Crippen molar-refractivity contribution in [3.63, 3.8) is 0 Å². The third kappa shape index (κ3) is 4.99. The van der Waals surface area contributed by atoms with Gasteiger partial charge in [-0.15, -0.1) is 0 Å². The number of halogens is 1. The minimum absolute atomic E-state index is 0.110. The summed E-state index contributed by atoms with van der Waals surface area (Å²) >= 11 is 6.19. The van der Waals surface area contributed by atoms with E-state index in [-0.39, 0.29) is 5.54 Å². The van der Waals surface area contributed by atoms with Crippen LogP contribution in [0.5, 0.6) is 0 Å². The van der Waals surface area contributed by atoms with Crippen LogP contribution < -0.4 is 10.2 Å². The van der Waals surface area contributed by atoms with Crippen LogP contribution in [0, 0.1) is 5.92 Å². The fraction of sp³-hybridized carbons (Fsp3) is 0.647. The van der Waals surface area contributed by atoms with E-state index in [1.165, 1.54) is 11.3 Å². The van der Waals surface area contributed by atoms with Crippen molar-refractivity contribution in [1.82, 2.24) is 5.32 Å². The van der Waals surface area contributed by atoms with Crippen molar-refractivity contribution in [2.45, 2.75) is 59.7 Å². The molecule has 1 N–H and O–H groups in total. The summed E-state index contributed by atoms with van der Waals surface area (Å²) in [5.74, 6) is 0.599. The maximum absolute atomic E-state index is 6.19. The Hall–Kier alpha value is -0.730. The summed E-state index contributed by atoms with van der Waals surface area (Å²) in [4.78, 5) is 2.33. The predicted molar refractivity (Wildman–Crippen MR) is 90.7 cm³/mol. The predicted octanol–water partition coefficient (Wildman–Crippen LogP) is 4.71. The van der Waals surface area contributed by atoms with E-state index in [9.17, 15) is 0 Å². The minimum atomic E-state index is 0.110. The normalized spacial score (nSPS) is 13.7. The summed E-state index contributed by atoms with van der Waals surface area (Å²) in [6.45, 7) is 14.2. The Morgan fingerprint density at radius 2 is 1.80 bits per heavy atom. The molecule has 0 radical (unpaired) electrons. The summed E-state index contributed by atoms with van der Waals surface area (Å²) in [5, 5.41) is 4.35. The molecule has 1 aromatic rings. The summed E-state index contributed by atoms with van der Waals surface area (Å²) < 4.78 is 0. The molecule has 1 atom stereocenters. The van der Waals surface area contributed by atoms with E-state index in [2.05, 4.69) is 70.9 Å². The Morgan fingerprint density at radius 1 is 1.20 bits per heavy atom. The summed E-state index contributed by atoms with van der Waals surface area (Å²) in [5.41, 5.74) is 2.62. The van der Waals surface area contributed by atoms with E-state index in [4.69, 9.17) is 11.6 Å². The average Bonchev–Trinajstić information content (AvgIpc) is 2.34. The first kappa shape index (κ1) is 17.3. The zero-order valence-electron chi connectivity index (χ0n) is 13.9. The highest BCUT2D eigenvalue weighted by atomic mass is 35.5. The average molecular weight is 297 g/mol. The van der Waals surface area contributed by atoms with Crippen molar-refractivity contribution in [3.05, 3.63) is 28.8 Å². The molecule has 1 unspecified atom stereocenters. The molecule has 0 saturated heterocycles. The van der Waals surface area contributed by atoms with Gasteiger partial charge in [-0.1, -0.05) is 31.5 Å². The summed E-state index contributed by atoms with van der Waals surface area (Å²) in [7, 11) is 2.15. The van der Waals surface area contributed by atoms with E-state index in [0.29, 0.717) is 12.0 Å². The molecule has 0 aliphatic carbocycles. The smallest absolute Gasteiger partial charge is 0.0426 e. The van der Waals surface area contributed by atoms with Crippen LogP contribution in [0.15, 0.2) is 18.2 Å². The quantitative estimate of drug-likeness (QED) is 0.846. The van der Waals surface area contributed by atoms with Gasteiger partial charge in [0, 0.05) is 35.9 Å². The zero-order chi connectivity index (χ0) is 15.5. The molecule has 3 heteroatoms. The van der Waals surface area contributed by atoms with Crippen molar-refractivity contribution in [2.75, 3.05) is 11.9 Å². The first-order valence-electron chi connectivity index (χ1n) is 7.38. The first-order chi connectivity index (χ1) is 9.11. The lowest BCUT2D eigenvalue weighted by Gasteiger charge is -2.32. The molecule has 0 bridgehead atoms. The van der Waals surface area contributed by atoms with Gasteiger partial charge in [0.25, 0.3) is 0 Å². The molecule has 0 fully saturated rings. The monoisotopic (exact) mass is 296 g/mol. The van der Waals surface area contributed by atoms with Gasteiger partial charge in [0.15, 0.2) is 0 Å². The van der Waals surface area contributed by atoms with Gasteiger partial charge in [0.1, 0.15) is 0 Å². The molecule has 2 nitrogen and oxygen atoms in total. The molecule has 114 valence electrons. The largest absolute Gasteiger partial charge is 0.371 e. The van der Waals surface area contributed by atoms with Crippen LogP contribution in [0.3, 0.4) is 0 Å². The molecular weight excluding hydrogens is 268 g/mol. The van der Waals surface area contributed by atoms with Crippen LogP contribution >= 0.6 is 11.6 Å². The van der Waals surface area contributed by atoms with Crippen LogP contribution in [0.25, 0.3) is 0 Å². The van der Waals surface area contributed by atoms with Crippen LogP contribution in [0.4, 0.5) is 5.69 Å². The Kier molecular flexibility index (Phi) is 5.91. The highest BCUT2D eigenvalue weighted by Crippen LogP contribution is 2.27. The van der Waals surface area contributed by atoms with Gasteiger partial charge in [-0.3, -0.25) is 0 Å². The highest BCUT2D eigenvalue weighted by molar-refractivity contribution is 6.30. The molecule has 0 aliphatic rings. The lowest BCUT2D eigenvalue weighted by molar-refractivity contribution is 0.423. The van der Waals surface area contributed by atoms with E-state index >= 15 is 0 Å². The molecule has 0 amide bonds. The molecule has 20 heavy (non-hydrogen) atoms. The summed E-state index contributed by atoms with van der Waals surface area (Å²) in [6.07, 6.45) is 0. The molecule has 1 rings (SSSR count). The van der Waals surface area contributed by atoms with Crippen LogP contribution in [-0.2, 0) is 6.54 Å². The van der Waals surface area contributed by atoms with Crippen molar-refractivity contribution in [2.24, 2.45) is 5.92 Å². The lowest BCUT2D eigenvalue weighted by Crippen LogP contribution is -2.37. The second kappa shape index (κ2) is 6.82.